The van der Waals surface area contributed by atoms with Gasteiger partial charge in [0.15, 0.2) is 5.11 Å². The summed E-state index contributed by atoms with van der Waals surface area (Å²) in [6.07, 6.45) is 2.64. The lowest BCUT2D eigenvalue weighted by Gasteiger charge is -2.19. The number of thiocarbonyl (C=S) groups is 1. The van der Waals surface area contributed by atoms with Crippen molar-refractivity contribution in [1.82, 2.24) is 10.2 Å². The number of rotatable bonds is 2. The van der Waals surface area contributed by atoms with Crippen LogP contribution in [0.15, 0.2) is 0 Å². The zero-order valence-electron chi connectivity index (χ0n) is 8.84. The monoisotopic (exact) mass is 200 g/mol. The van der Waals surface area contributed by atoms with Gasteiger partial charge in [-0.1, -0.05) is 13.8 Å². The fraction of sp³-hybridized carbons (Fsp3) is 0.900. The molecule has 0 bridgehead atoms. The molecule has 1 atom stereocenters. The third-order valence-electron chi connectivity index (χ3n) is 2.59. The van der Waals surface area contributed by atoms with E-state index in [2.05, 4.69) is 24.1 Å². The molecule has 3 heteroatoms. The Morgan fingerprint density at radius 3 is 2.85 bits per heavy atom. The van der Waals surface area contributed by atoms with Crippen LogP contribution in [-0.2, 0) is 0 Å². The Hall–Kier alpha value is -0.310. The quantitative estimate of drug-likeness (QED) is 0.685. The Labute approximate surface area is 86.7 Å². The van der Waals surface area contributed by atoms with Crippen molar-refractivity contribution in [2.24, 2.45) is 11.8 Å². The molecule has 0 aromatic rings. The molecular formula is C10H20N2S. The van der Waals surface area contributed by atoms with Gasteiger partial charge >= 0.3 is 0 Å². The summed E-state index contributed by atoms with van der Waals surface area (Å²) in [4.78, 5) is 2.28. The molecule has 0 spiro atoms. The summed E-state index contributed by atoms with van der Waals surface area (Å²) < 4.78 is 0. The van der Waals surface area contributed by atoms with Crippen molar-refractivity contribution < 1.29 is 0 Å². The van der Waals surface area contributed by atoms with Crippen LogP contribution in [-0.4, -0.2) is 30.1 Å². The van der Waals surface area contributed by atoms with Gasteiger partial charge in [0.2, 0.25) is 0 Å². The first-order valence-corrected chi connectivity index (χ1v) is 5.51. The Morgan fingerprint density at radius 1 is 1.62 bits per heavy atom. The van der Waals surface area contributed by atoms with Gasteiger partial charge in [0.25, 0.3) is 0 Å². The van der Waals surface area contributed by atoms with E-state index in [0.717, 1.165) is 30.0 Å². The second-order valence-electron chi connectivity index (χ2n) is 4.29. The minimum atomic E-state index is 0.813. The molecule has 0 aromatic heterocycles. The zero-order valence-corrected chi connectivity index (χ0v) is 9.66. The predicted octanol–water partition coefficient (Wildman–Crippen LogP) is 1.86. The lowest BCUT2D eigenvalue weighted by molar-refractivity contribution is 0.408. The van der Waals surface area contributed by atoms with Crippen molar-refractivity contribution >= 4 is 17.3 Å². The standard InChI is InChI=1S/C10H20N2S/c1-8(2)6-9-4-5-12(7-9)10(13)11-3/h8-9H,4-7H2,1-3H3,(H,11,13). The van der Waals surface area contributed by atoms with Gasteiger partial charge in [0, 0.05) is 20.1 Å². The number of hydrogen-bond donors (Lipinski definition) is 1. The van der Waals surface area contributed by atoms with Crippen molar-refractivity contribution in [2.75, 3.05) is 20.1 Å². The van der Waals surface area contributed by atoms with Gasteiger partial charge < -0.3 is 10.2 Å². The number of likely N-dealkylation sites (tertiary alicyclic amines) is 1. The van der Waals surface area contributed by atoms with Gasteiger partial charge in [0.1, 0.15) is 0 Å². The lowest BCUT2D eigenvalue weighted by Crippen LogP contribution is -2.36. The van der Waals surface area contributed by atoms with Crippen molar-refractivity contribution in [3.63, 3.8) is 0 Å². The number of nitrogens with zero attached hydrogens (tertiary/aromatic N) is 1. The summed E-state index contributed by atoms with van der Waals surface area (Å²) in [5, 5.41) is 3.95. The fourth-order valence-corrected chi connectivity index (χ4v) is 2.20. The van der Waals surface area contributed by atoms with Gasteiger partial charge in [-0.25, -0.2) is 0 Å². The minimum absolute atomic E-state index is 0.813. The predicted molar refractivity (Wildman–Crippen MR) is 60.8 cm³/mol. The van der Waals surface area contributed by atoms with Crippen LogP contribution >= 0.6 is 12.2 Å². The van der Waals surface area contributed by atoms with E-state index in [-0.39, 0.29) is 0 Å². The molecule has 0 saturated carbocycles. The molecule has 13 heavy (non-hydrogen) atoms. The van der Waals surface area contributed by atoms with Gasteiger partial charge in [-0.05, 0) is 36.9 Å². The van der Waals surface area contributed by atoms with E-state index < -0.39 is 0 Å². The van der Waals surface area contributed by atoms with E-state index in [0.29, 0.717) is 0 Å². The maximum absolute atomic E-state index is 5.20. The Balaban J connectivity index is 2.32. The van der Waals surface area contributed by atoms with Crippen LogP contribution in [0.5, 0.6) is 0 Å². The van der Waals surface area contributed by atoms with Crippen LogP contribution in [0.3, 0.4) is 0 Å². The Morgan fingerprint density at radius 2 is 2.31 bits per heavy atom. The third kappa shape index (κ3) is 3.14. The molecule has 0 amide bonds. The second-order valence-corrected chi connectivity index (χ2v) is 4.67. The molecule has 1 rings (SSSR count). The molecule has 1 aliphatic heterocycles. The minimum Gasteiger partial charge on any atom is -0.366 e. The highest BCUT2D eigenvalue weighted by atomic mass is 32.1. The second kappa shape index (κ2) is 4.80. The highest BCUT2D eigenvalue weighted by Crippen LogP contribution is 2.22. The first kappa shape index (κ1) is 10.8. The van der Waals surface area contributed by atoms with Crippen LogP contribution in [0.25, 0.3) is 0 Å². The normalized spacial score (nSPS) is 22.5. The molecular weight excluding hydrogens is 180 g/mol. The van der Waals surface area contributed by atoms with E-state index in [1.807, 2.05) is 7.05 Å². The van der Waals surface area contributed by atoms with Crippen molar-refractivity contribution in [1.29, 1.82) is 0 Å². The molecule has 76 valence electrons. The average Bonchev–Trinajstić information content (AvgIpc) is 2.50. The van der Waals surface area contributed by atoms with Crippen LogP contribution in [0.1, 0.15) is 26.7 Å². The largest absolute Gasteiger partial charge is 0.366 e. The molecule has 1 unspecified atom stereocenters. The first-order valence-electron chi connectivity index (χ1n) is 5.10. The van der Waals surface area contributed by atoms with E-state index in [1.54, 1.807) is 0 Å². The van der Waals surface area contributed by atoms with Crippen LogP contribution in [0.2, 0.25) is 0 Å². The van der Waals surface area contributed by atoms with E-state index in [1.165, 1.54) is 12.8 Å². The topological polar surface area (TPSA) is 15.3 Å². The highest BCUT2D eigenvalue weighted by Gasteiger charge is 2.23. The van der Waals surface area contributed by atoms with Crippen molar-refractivity contribution in [3.05, 3.63) is 0 Å². The summed E-state index contributed by atoms with van der Waals surface area (Å²) in [6.45, 7) is 6.87. The molecule has 1 aliphatic rings. The Kier molecular flexibility index (Phi) is 3.97. The third-order valence-corrected chi connectivity index (χ3v) is 3.05. The average molecular weight is 200 g/mol. The molecule has 0 aromatic carbocycles. The number of nitrogens with one attached hydrogen (secondary N) is 1. The molecule has 2 nitrogen and oxygen atoms in total. The summed E-state index contributed by atoms with van der Waals surface area (Å²) in [5.41, 5.74) is 0. The van der Waals surface area contributed by atoms with E-state index in [9.17, 15) is 0 Å². The van der Waals surface area contributed by atoms with Crippen molar-refractivity contribution in [2.45, 2.75) is 26.7 Å². The van der Waals surface area contributed by atoms with E-state index in [4.69, 9.17) is 12.2 Å². The Bertz CT molecular complexity index is 180. The summed E-state index contributed by atoms with van der Waals surface area (Å²) in [5.74, 6) is 1.67. The summed E-state index contributed by atoms with van der Waals surface area (Å²) >= 11 is 5.20. The molecule has 0 aliphatic carbocycles. The summed E-state index contributed by atoms with van der Waals surface area (Å²) in [7, 11) is 1.90. The van der Waals surface area contributed by atoms with Gasteiger partial charge in [-0.3, -0.25) is 0 Å². The molecule has 1 fully saturated rings. The lowest BCUT2D eigenvalue weighted by atomic mass is 9.97. The molecule has 1 heterocycles. The van der Waals surface area contributed by atoms with Gasteiger partial charge in [-0.15, -0.1) is 0 Å². The fourth-order valence-electron chi connectivity index (χ4n) is 2.03. The maximum Gasteiger partial charge on any atom is 0.168 e. The maximum atomic E-state index is 5.20. The van der Waals surface area contributed by atoms with Gasteiger partial charge in [0.05, 0.1) is 0 Å². The molecule has 0 radical (unpaired) electrons. The highest BCUT2D eigenvalue weighted by molar-refractivity contribution is 7.80. The molecule has 1 N–H and O–H groups in total. The first-order chi connectivity index (χ1) is 6.13. The van der Waals surface area contributed by atoms with Crippen molar-refractivity contribution in [3.8, 4) is 0 Å². The van der Waals surface area contributed by atoms with Crippen LogP contribution < -0.4 is 5.32 Å². The summed E-state index contributed by atoms with van der Waals surface area (Å²) in [6, 6.07) is 0. The molecule has 1 saturated heterocycles. The number of hydrogen-bond acceptors (Lipinski definition) is 1. The van der Waals surface area contributed by atoms with Crippen LogP contribution in [0.4, 0.5) is 0 Å². The zero-order chi connectivity index (χ0) is 9.84. The van der Waals surface area contributed by atoms with E-state index >= 15 is 0 Å². The smallest absolute Gasteiger partial charge is 0.168 e. The van der Waals surface area contributed by atoms with Gasteiger partial charge in [-0.2, -0.15) is 0 Å². The van der Waals surface area contributed by atoms with Crippen LogP contribution in [0, 0.1) is 11.8 Å². The SMILES string of the molecule is CNC(=S)N1CCC(CC(C)C)C1.